The van der Waals surface area contributed by atoms with Crippen LogP contribution in [0.15, 0.2) is 35.7 Å². The number of carbonyl (C=O) groups is 1. The van der Waals surface area contributed by atoms with E-state index in [-0.39, 0.29) is 0 Å². The van der Waals surface area contributed by atoms with Crippen LogP contribution in [0.5, 0.6) is 11.5 Å². The molecule has 1 aromatic heterocycles. The third-order valence-electron chi connectivity index (χ3n) is 4.33. The van der Waals surface area contributed by atoms with Crippen molar-refractivity contribution in [3.8, 4) is 11.5 Å². The number of hydrogen-bond donors (Lipinski definition) is 2. The Morgan fingerprint density at radius 1 is 1.24 bits per heavy atom. The first kappa shape index (κ1) is 17.8. The van der Waals surface area contributed by atoms with Crippen molar-refractivity contribution in [1.82, 2.24) is 0 Å². The topological polar surface area (TPSA) is 76.0 Å². The molecule has 0 radical (unpaired) electrons. The zero-order valence-electron chi connectivity index (χ0n) is 14.1. The van der Waals surface area contributed by atoms with Gasteiger partial charge in [0.2, 0.25) is 0 Å². The van der Waals surface area contributed by atoms with E-state index in [4.69, 9.17) is 9.47 Å². The van der Waals surface area contributed by atoms with Crippen LogP contribution in [0, 0.1) is 5.92 Å². The van der Waals surface area contributed by atoms with Crippen LogP contribution >= 0.6 is 11.3 Å². The number of carboxylic acids is 1. The Labute approximate surface area is 150 Å². The lowest BCUT2D eigenvalue weighted by Crippen LogP contribution is -2.34. The first-order valence-electron chi connectivity index (χ1n) is 8.49. The van der Waals surface area contributed by atoms with Crippen molar-refractivity contribution in [2.45, 2.75) is 45.0 Å². The van der Waals surface area contributed by atoms with Gasteiger partial charge in [-0.25, -0.2) is 0 Å². The molecule has 0 aliphatic carbocycles. The van der Waals surface area contributed by atoms with Gasteiger partial charge >= 0.3 is 5.97 Å². The van der Waals surface area contributed by atoms with E-state index in [9.17, 15) is 15.0 Å². The third-order valence-corrected chi connectivity index (χ3v) is 5.26. The maximum Gasteiger partial charge on any atom is 0.314 e. The molecule has 2 N–H and O–H groups in total. The zero-order valence-corrected chi connectivity index (χ0v) is 14.9. The monoisotopic (exact) mass is 362 g/mol. The van der Waals surface area contributed by atoms with Crippen LogP contribution in [-0.4, -0.2) is 22.5 Å². The molecule has 6 heteroatoms. The maximum absolute atomic E-state index is 11.4. The fourth-order valence-corrected chi connectivity index (χ4v) is 3.67. The second-order valence-corrected chi connectivity index (χ2v) is 7.21. The summed E-state index contributed by atoms with van der Waals surface area (Å²) in [6.45, 7) is 1.93. The third kappa shape index (κ3) is 4.14. The number of aryl methyl sites for hydroxylation is 1. The molecule has 0 spiro atoms. The lowest BCUT2D eigenvalue weighted by molar-refractivity contribution is -0.150. The highest BCUT2D eigenvalue weighted by atomic mass is 32.1. The van der Waals surface area contributed by atoms with E-state index in [2.05, 4.69) is 6.07 Å². The van der Waals surface area contributed by atoms with Crippen molar-refractivity contribution in [2.75, 3.05) is 0 Å². The largest absolute Gasteiger partial charge is 0.481 e. The Hall–Kier alpha value is -2.05. The second kappa shape index (κ2) is 7.89. The van der Waals surface area contributed by atoms with Gasteiger partial charge in [0.1, 0.15) is 5.92 Å². The Balaban J connectivity index is 1.66. The molecule has 25 heavy (non-hydrogen) atoms. The zero-order chi connectivity index (χ0) is 17.8. The number of aliphatic hydroxyl groups is 1. The molecular weight excluding hydrogens is 340 g/mol. The standard InChI is InChI=1S/C19H22O5S/c1-2-4-14(18(21)22)19-23-16-9-6-12(11-17(16)24-19)15(20)8-7-13-5-3-10-25-13/h3,5-6,9-11,14-15,19-20H,2,4,7-8H2,1H3,(H,21,22). The van der Waals surface area contributed by atoms with Gasteiger partial charge in [0, 0.05) is 4.88 Å². The lowest BCUT2D eigenvalue weighted by atomic mass is 10.0. The van der Waals surface area contributed by atoms with Gasteiger partial charge in [-0.1, -0.05) is 25.5 Å². The molecule has 1 aromatic carbocycles. The molecule has 3 rings (SSSR count). The summed E-state index contributed by atoms with van der Waals surface area (Å²) in [5.41, 5.74) is 0.752. The lowest BCUT2D eigenvalue weighted by Gasteiger charge is -2.17. The van der Waals surface area contributed by atoms with E-state index in [0.29, 0.717) is 24.3 Å². The molecule has 0 saturated carbocycles. The molecule has 0 amide bonds. The number of benzene rings is 1. The van der Waals surface area contributed by atoms with Gasteiger partial charge < -0.3 is 19.7 Å². The number of aliphatic hydroxyl groups excluding tert-OH is 1. The summed E-state index contributed by atoms with van der Waals surface area (Å²) in [7, 11) is 0. The van der Waals surface area contributed by atoms with Crippen LogP contribution in [0.4, 0.5) is 0 Å². The number of rotatable bonds is 8. The quantitative estimate of drug-likeness (QED) is 0.742. The van der Waals surface area contributed by atoms with E-state index >= 15 is 0 Å². The van der Waals surface area contributed by atoms with Gasteiger partial charge in [-0.05, 0) is 48.4 Å². The predicted octanol–water partition coefficient (Wildman–Crippen LogP) is 4.01. The molecule has 5 nitrogen and oxygen atoms in total. The average Bonchev–Trinajstić information content (AvgIpc) is 3.25. The molecule has 3 atom stereocenters. The van der Waals surface area contributed by atoms with Gasteiger partial charge in [-0.2, -0.15) is 0 Å². The van der Waals surface area contributed by atoms with Crippen LogP contribution in [0.3, 0.4) is 0 Å². The minimum Gasteiger partial charge on any atom is -0.481 e. The summed E-state index contributed by atoms with van der Waals surface area (Å²) in [6.07, 6.45) is 1.25. The van der Waals surface area contributed by atoms with Crippen LogP contribution in [-0.2, 0) is 11.2 Å². The van der Waals surface area contributed by atoms with E-state index in [1.54, 1.807) is 29.5 Å². The minimum atomic E-state index is -0.920. The SMILES string of the molecule is CCCC(C(=O)O)C1Oc2ccc(C(O)CCc3cccs3)cc2O1. The number of fused-ring (bicyclic) bond motifs is 1. The van der Waals surface area contributed by atoms with Crippen molar-refractivity contribution in [3.63, 3.8) is 0 Å². The van der Waals surface area contributed by atoms with Crippen molar-refractivity contribution < 1.29 is 24.5 Å². The number of carboxylic acid groups (broad SMARTS) is 1. The fourth-order valence-electron chi connectivity index (χ4n) is 2.95. The maximum atomic E-state index is 11.4. The molecule has 1 aliphatic heterocycles. The van der Waals surface area contributed by atoms with Crippen LogP contribution in [0.1, 0.15) is 42.7 Å². The van der Waals surface area contributed by atoms with Crippen LogP contribution in [0.25, 0.3) is 0 Å². The molecule has 0 bridgehead atoms. The Morgan fingerprint density at radius 3 is 2.72 bits per heavy atom. The van der Waals surface area contributed by atoms with E-state index in [1.807, 2.05) is 18.4 Å². The molecule has 0 fully saturated rings. The number of thiophene rings is 1. The van der Waals surface area contributed by atoms with Gasteiger partial charge in [-0.15, -0.1) is 11.3 Å². The Kier molecular flexibility index (Phi) is 5.60. The van der Waals surface area contributed by atoms with Crippen molar-refractivity contribution in [2.24, 2.45) is 5.92 Å². The molecule has 2 heterocycles. The summed E-state index contributed by atoms with van der Waals surface area (Å²) < 4.78 is 11.4. The summed E-state index contributed by atoms with van der Waals surface area (Å²) in [5.74, 6) is -0.595. The van der Waals surface area contributed by atoms with Crippen LogP contribution in [0.2, 0.25) is 0 Å². The van der Waals surface area contributed by atoms with E-state index in [1.165, 1.54) is 4.88 Å². The van der Waals surface area contributed by atoms with Gasteiger partial charge in [0.25, 0.3) is 6.29 Å². The highest BCUT2D eigenvalue weighted by Crippen LogP contribution is 2.39. The molecule has 2 aromatic rings. The summed E-state index contributed by atoms with van der Waals surface area (Å²) in [4.78, 5) is 12.6. The van der Waals surface area contributed by atoms with E-state index in [0.717, 1.165) is 18.4 Å². The summed E-state index contributed by atoms with van der Waals surface area (Å²) in [5, 5.41) is 21.8. The fraction of sp³-hybridized carbons (Fsp3) is 0.421. The highest BCUT2D eigenvalue weighted by Gasteiger charge is 2.36. The molecule has 134 valence electrons. The summed E-state index contributed by atoms with van der Waals surface area (Å²) in [6, 6.07) is 9.35. The molecular formula is C19H22O5S. The minimum absolute atomic E-state index is 0.490. The molecule has 3 unspecified atom stereocenters. The van der Waals surface area contributed by atoms with Gasteiger partial charge in [0.15, 0.2) is 11.5 Å². The van der Waals surface area contributed by atoms with Crippen molar-refractivity contribution in [1.29, 1.82) is 0 Å². The van der Waals surface area contributed by atoms with Crippen molar-refractivity contribution in [3.05, 3.63) is 46.2 Å². The average molecular weight is 362 g/mol. The number of hydrogen-bond acceptors (Lipinski definition) is 5. The normalized spacial score (nSPS) is 18.1. The Bertz CT molecular complexity index is 713. The van der Waals surface area contributed by atoms with Gasteiger partial charge in [0.05, 0.1) is 6.10 Å². The van der Waals surface area contributed by atoms with Crippen LogP contribution < -0.4 is 9.47 Å². The second-order valence-electron chi connectivity index (χ2n) is 6.18. The predicted molar refractivity (Wildman–Crippen MR) is 95.1 cm³/mol. The highest BCUT2D eigenvalue weighted by molar-refractivity contribution is 7.09. The first-order valence-corrected chi connectivity index (χ1v) is 9.37. The smallest absolute Gasteiger partial charge is 0.314 e. The summed E-state index contributed by atoms with van der Waals surface area (Å²) >= 11 is 1.68. The molecule has 1 aliphatic rings. The number of ether oxygens (including phenoxy) is 2. The Morgan fingerprint density at radius 2 is 2.04 bits per heavy atom. The van der Waals surface area contributed by atoms with Crippen molar-refractivity contribution >= 4 is 17.3 Å². The van der Waals surface area contributed by atoms with Gasteiger partial charge in [-0.3, -0.25) is 4.79 Å². The van der Waals surface area contributed by atoms with E-state index < -0.39 is 24.3 Å². The number of aliphatic carboxylic acids is 1. The first-order chi connectivity index (χ1) is 12.1. The molecule has 0 saturated heterocycles.